The molecule has 2 saturated carbocycles. The summed E-state index contributed by atoms with van der Waals surface area (Å²) >= 11 is 0. The number of amides is 1. The van der Waals surface area contributed by atoms with Crippen molar-refractivity contribution < 1.29 is 9.53 Å². The molecule has 3 N–H and O–H groups in total. The van der Waals surface area contributed by atoms with E-state index in [1.165, 1.54) is 25.7 Å². The Morgan fingerprint density at radius 1 is 1.35 bits per heavy atom. The van der Waals surface area contributed by atoms with Crippen molar-refractivity contribution in [3.8, 4) is 0 Å². The number of hydrogen-bond donors (Lipinski definition) is 2. The van der Waals surface area contributed by atoms with Gasteiger partial charge < -0.3 is 15.8 Å². The molecule has 0 radical (unpaired) electrons. The second-order valence-electron chi connectivity index (χ2n) is 8.48. The average Bonchev–Trinajstić information content (AvgIpc) is 2.40. The fourth-order valence-electron chi connectivity index (χ4n) is 4.24. The number of hydrogen-bond acceptors (Lipinski definition) is 3. The molecule has 2 rings (SSSR count). The van der Waals surface area contributed by atoms with E-state index < -0.39 is 5.54 Å². The van der Waals surface area contributed by atoms with Crippen LogP contribution in [0.25, 0.3) is 0 Å². The predicted molar refractivity (Wildman–Crippen MR) is 96.7 cm³/mol. The Kier molecular flexibility index (Phi) is 6.56. The van der Waals surface area contributed by atoms with Gasteiger partial charge in [0.25, 0.3) is 0 Å². The second-order valence-corrected chi connectivity index (χ2v) is 8.48. The minimum absolute atomic E-state index is 0. The van der Waals surface area contributed by atoms with Gasteiger partial charge in [-0.1, -0.05) is 34.1 Å². The van der Waals surface area contributed by atoms with Crippen LogP contribution in [0.2, 0.25) is 0 Å². The highest BCUT2D eigenvalue weighted by Gasteiger charge is 2.63. The van der Waals surface area contributed by atoms with E-state index in [0.29, 0.717) is 24.4 Å². The molecule has 0 aromatic rings. The summed E-state index contributed by atoms with van der Waals surface area (Å²) in [5, 5.41) is 3.17. The van der Waals surface area contributed by atoms with Crippen LogP contribution in [0.15, 0.2) is 0 Å². The zero-order valence-electron chi connectivity index (χ0n) is 15.4. The molecule has 0 aliphatic heterocycles. The number of rotatable bonds is 7. The van der Waals surface area contributed by atoms with E-state index in [0.717, 1.165) is 6.54 Å². The molecule has 136 valence electrons. The maximum absolute atomic E-state index is 12.7. The summed E-state index contributed by atoms with van der Waals surface area (Å²) in [6.45, 7) is 12.0. The molecule has 2 unspecified atom stereocenters. The topological polar surface area (TPSA) is 64.3 Å². The highest BCUT2D eigenvalue weighted by molar-refractivity contribution is 5.88. The maximum Gasteiger partial charge on any atom is 0.240 e. The van der Waals surface area contributed by atoms with Crippen molar-refractivity contribution in [2.45, 2.75) is 78.4 Å². The van der Waals surface area contributed by atoms with E-state index in [-0.39, 0.29) is 29.8 Å². The Hall–Kier alpha value is -0.320. The van der Waals surface area contributed by atoms with Gasteiger partial charge in [0, 0.05) is 25.0 Å². The number of carbonyl (C=O) groups is 1. The summed E-state index contributed by atoms with van der Waals surface area (Å²) in [6, 6.07) is 0. The van der Waals surface area contributed by atoms with E-state index in [4.69, 9.17) is 10.5 Å². The van der Waals surface area contributed by atoms with Crippen LogP contribution in [0.4, 0.5) is 0 Å². The van der Waals surface area contributed by atoms with Crippen molar-refractivity contribution >= 4 is 18.3 Å². The lowest BCUT2D eigenvalue weighted by Gasteiger charge is -2.58. The molecule has 0 aromatic heterocycles. The summed E-state index contributed by atoms with van der Waals surface area (Å²) in [6.07, 6.45) is 5.64. The third-order valence-electron chi connectivity index (χ3n) is 6.11. The Morgan fingerprint density at radius 2 is 1.96 bits per heavy atom. The lowest BCUT2D eigenvalue weighted by atomic mass is 9.54. The van der Waals surface area contributed by atoms with Crippen molar-refractivity contribution in [1.82, 2.24) is 5.32 Å². The third kappa shape index (κ3) is 3.69. The van der Waals surface area contributed by atoms with Crippen molar-refractivity contribution in [1.29, 1.82) is 0 Å². The number of halogens is 1. The van der Waals surface area contributed by atoms with E-state index in [2.05, 4.69) is 19.2 Å². The number of ether oxygens (including phenoxy) is 1. The Labute approximate surface area is 147 Å². The molecular formula is C18H35ClN2O2. The molecule has 23 heavy (non-hydrogen) atoms. The molecule has 2 aliphatic carbocycles. The van der Waals surface area contributed by atoms with Gasteiger partial charge in [0.2, 0.25) is 5.91 Å². The van der Waals surface area contributed by atoms with Crippen LogP contribution in [0.3, 0.4) is 0 Å². The monoisotopic (exact) mass is 346 g/mol. The number of carbonyl (C=O) groups excluding carboxylic acids is 1. The lowest BCUT2D eigenvalue weighted by molar-refractivity contribution is -0.171. The Bertz CT molecular complexity index is 421. The van der Waals surface area contributed by atoms with Crippen LogP contribution >= 0.6 is 12.4 Å². The summed E-state index contributed by atoms with van der Waals surface area (Å²) in [5.41, 5.74) is 5.65. The fourth-order valence-corrected chi connectivity index (χ4v) is 4.24. The first-order valence-corrected chi connectivity index (χ1v) is 8.86. The molecule has 2 aliphatic rings. The van der Waals surface area contributed by atoms with Crippen LogP contribution < -0.4 is 11.1 Å². The Balaban J connectivity index is 0.00000264. The Morgan fingerprint density at radius 3 is 2.35 bits per heavy atom. The molecular weight excluding hydrogens is 312 g/mol. The van der Waals surface area contributed by atoms with Crippen molar-refractivity contribution in [2.75, 3.05) is 13.2 Å². The molecule has 1 amide bonds. The summed E-state index contributed by atoms with van der Waals surface area (Å²) in [7, 11) is 0. The van der Waals surface area contributed by atoms with Gasteiger partial charge in [0.1, 0.15) is 5.54 Å². The average molecular weight is 347 g/mol. The van der Waals surface area contributed by atoms with Crippen molar-refractivity contribution in [2.24, 2.45) is 22.5 Å². The fraction of sp³-hybridized carbons (Fsp3) is 0.944. The van der Waals surface area contributed by atoms with Gasteiger partial charge in [-0.05, 0) is 37.5 Å². The van der Waals surface area contributed by atoms with Gasteiger partial charge in [0.15, 0.2) is 0 Å². The molecule has 0 bridgehead atoms. The van der Waals surface area contributed by atoms with Crippen LogP contribution in [0.5, 0.6) is 0 Å². The van der Waals surface area contributed by atoms with E-state index in [1.807, 2.05) is 20.8 Å². The number of nitrogens with two attached hydrogens (primary N) is 1. The molecule has 0 aromatic carbocycles. The highest BCUT2D eigenvalue weighted by atomic mass is 35.5. The molecule has 2 fully saturated rings. The second kappa shape index (κ2) is 7.28. The van der Waals surface area contributed by atoms with E-state index >= 15 is 0 Å². The van der Waals surface area contributed by atoms with E-state index in [9.17, 15) is 4.79 Å². The smallest absolute Gasteiger partial charge is 0.240 e. The highest BCUT2D eigenvalue weighted by Crippen LogP contribution is 2.50. The van der Waals surface area contributed by atoms with Crippen LogP contribution in [-0.4, -0.2) is 30.7 Å². The zero-order chi connectivity index (χ0) is 16.6. The summed E-state index contributed by atoms with van der Waals surface area (Å²) in [5.74, 6) is 0.676. The molecule has 0 heterocycles. The lowest BCUT2D eigenvalue weighted by Crippen LogP contribution is -2.76. The molecule has 2 atom stereocenters. The largest absolute Gasteiger partial charge is 0.378 e. The van der Waals surface area contributed by atoms with E-state index in [1.54, 1.807) is 0 Å². The minimum atomic E-state index is -0.796. The van der Waals surface area contributed by atoms with Crippen molar-refractivity contribution in [3.05, 3.63) is 0 Å². The first-order valence-electron chi connectivity index (χ1n) is 8.86. The van der Waals surface area contributed by atoms with Gasteiger partial charge in [-0.2, -0.15) is 0 Å². The SMILES string of the molecule is CCOC1CC(N)(C(=O)NCC2(CC(C)C)CCC2)C1(C)C.Cl. The van der Waals surface area contributed by atoms with Crippen LogP contribution in [-0.2, 0) is 9.53 Å². The van der Waals surface area contributed by atoms with Crippen LogP contribution in [0, 0.1) is 16.7 Å². The first kappa shape index (κ1) is 20.7. The third-order valence-corrected chi connectivity index (χ3v) is 6.11. The minimum Gasteiger partial charge on any atom is -0.378 e. The standard InChI is InChI=1S/C18H34N2O2.ClH/c1-6-22-14-11-18(19,16(14,4)5)15(21)20-12-17(8-7-9-17)10-13(2)3;/h13-14H,6-12,19H2,1-5H3,(H,20,21);1H. The van der Waals surface area contributed by atoms with Crippen LogP contribution in [0.1, 0.15) is 66.7 Å². The van der Waals surface area contributed by atoms with Gasteiger partial charge in [-0.15, -0.1) is 12.4 Å². The molecule has 0 saturated heterocycles. The summed E-state index contributed by atoms with van der Waals surface area (Å²) in [4.78, 5) is 12.7. The van der Waals surface area contributed by atoms with Gasteiger partial charge in [0.05, 0.1) is 6.10 Å². The van der Waals surface area contributed by atoms with Crippen molar-refractivity contribution in [3.63, 3.8) is 0 Å². The predicted octanol–water partition coefficient (Wildman–Crippen LogP) is 3.27. The molecule has 0 spiro atoms. The first-order chi connectivity index (χ1) is 10.2. The van der Waals surface area contributed by atoms with Gasteiger partial charge >= 0.3 is 0 Å². The normalized spacial score (nSPS) is 30.8. The van der Waals surface area contributed by atoms with Gasteiger partial charge in [-0.3, -0.25) is 4.79 Å². The number of nitrogens with one attached hydrogen (secondary N) is 1. The molecule has 5 heteroatoms. The summed E-state index contributed by atoms with van der Waals surface area (Å²) < 4.78 is 5.71. The maximum atomic E-state index is 12.7. The molecule has 4 nitrogen and oxygen atoms in total. The zero-order valence-corrected chi connectivity index (χ0v) is 16.2. The quantitative estimate of drug-likeness (QED) is 0.743. The van der Waals surface area contributed by atoms with Gasteiger partial charge in [-0.25, -0.2) is 0 Å².